The van der Waals surface area contributed by atoms with Crippen molar-refractivity contribution in [1.82, 2.24) is 0 Å². The summed E-state index contributed by atoms with van der Waals surface area (Å²) in [7, 11) is -4.13. The molecule has 3 heterocycles. The van der Waals surface area contributed by atoms with E-state index in [1.807, 2.05) is 33.8 Å². The van der Waals surface area contributed by atoms with Crippen molar-refractivity contribution in [3.8, 4) is 6.07 Å². The van der Waals surface area contributed by atoms with Crippen molar-refractivity contribution in [3.05, 3.63) is 0 Å². The Kier molecular flexibility index (Phi) is 3.74. The highest BCUT2D eigenvalue weighted by Gasteiger charge is 2.81. The maximum atomic E-state index is 12.5. The van der Waals surface area contributed by atoms with Crippen LogP contribution in [0.1, 0.15) is 27.7 Å². The number of nitriles is 1. The third-order valence-corrected chi connectivity index (χ3v) is 6.86. The quantitative estimate of drug-likeness (QED) is 0.550. The van der Waals surface area contributed by atoms with Gasteiger partial charge in [-0.1, -0.05) is 27.7 Å². The Hall–Kier alpha value is -1.17. The molecule has 3 saturated heterocycles. The van der Waals surface area contributed by atoms with Gasteiger partial charge in [0.1, 0.15) is 18.1 Å². The average Bonchev–Trinajstić information content (AvgIpc) is 3.01. The Morgan fingerprint density at radius 2 is 1.96 bits per heavy atom. The molecule has 3 aliphatic rings. The zero-order chi connectivity index (χ0) is 17.2. The maximum absolute atomic E-state index is 12.5. The summed E-state index contributed by atoms with van der Waals surface area (Å²) in [5.41, 5.74) is 0. The molecule has 0 aliphatic carbocycles. The molecule has 8 heteroatoms. The number of ether oxygens (including phenoxy) is 2. The molecule has 0 spiro atoms. The van der Waals surface area contributed by atoms with Crippen LogP contribution in [0.5, 0.6) is 0 Å². The lowest BCUT2D eigenvalue weighted by Gasteiger charge is -2.34. The van der Waals surface area contributed by atoms with Crippen LogP contribution in [-0.2, 0) is 28.6 Å². The highest BCUT2D eigenvalue weighted by molar-refractivity contribution is 7.88. The lowest BCUT2D eigenvalue weighted by Crippen LogP contribution is -2.55. The van der Waals surface area contributed by atoms with Gasteiger partial charge < -0.3 is 9.47 Å². The van der Waals surface area contributed by atoms with Crippen LogP contribution < -0.4 is 0 Å². The monoisotopic (exact) mass is 343 g/mol. The summed E-state index contributed by atoms with van der Waals surface area (Å²) in [4.78, 5) is 12.4. The summed E-state index contributed by atoms with van der Waals surface area (Å²) in [6.45, 7) is 7.74. The van der Waals surface area contributed by atoms with Crippen molar-refractivity contribution in [2.75, 3.05) is 6.61 Å². The van der Waals surface area contributed by atoms with E-state index in [1.54, 1.807) is 0 Å². The minimum absolute atomic E-state index is 0.150. The van der Waals surface area contributed by atoms with Gasteiger partial charge in [-0.15, -0.1) is 0 Å². The van der Waals surface area contributed by atoms with Gasteiger partial charge in [0.05, 0.1) is 18.8 Å². The molecular formula is C15H21NO6S. The number of esters is 1. The fourth-order valence-electron chi connectivity index (χ4n) is 4.12. The van der Waals surface area contributed by atoms with Gasteiger partial charge in [0.2, 0.25) is 4.75 Å². The molecule has 3 fully saturated rings. The molecule has 0 N–H and O–H groups in total. The minimum Gasteiger partial charge on any atom is -0.465 e. The SMILES string of the molecule is CC(C)COC(=O)C1C2OS(=O)(=O)C3(C#N)C2OC1C3C(C)C. The van der Waals surface area contributed by atoms with Gasteiger partial charge in [0.15, 0.2) is 0 Å². The van der Waals surface area contributed by atoms with Gasteiger partial charge in [-0.3, -0.25) is 8.98 Å². The van der Waals surface area contributed by atoms with E-state index in [1.165, 1.54) is 0 Å². The molecule has 0 aromatic heterocycles. The molecule has 6 atom stereocenters. The number of nitrogens with zero attached hydrogens (tertiary/aromatic N) is 1. The highest BCUT2D eigenvalue weighted by Crippen LogP contribution is 2.61. The van der Waals surface area contributed by atoms with E-state index in [2.05, 4.69) is 0 Å². The third kappa shape index (κ3) is 2.00. The van der Waals surface area contributed by atoms with Crippen molar-refractivity contribution in [3.63, 3.8) is 0 Å². The van der Waals surface area contributed by atoms with Crippen LogP contribution >= 0.6 is 0 Å². The zero-order valence-electron chi connectivity index (χ0n) is 13.6. The Bertz CT molecular complexity index is 666. The second-order valence-electron chi connectivity index (χ2n) is 7.26. The van der Waals surface area contributed by atoms with Crippen LogP contribution in [0.3, 0.4) is 0 Å². The normalized spacial score (nSPS) is 43.1. The molecule has 0 saturated carbocycles. The van der Waals surface area contributed by atoms with Crippen LogP contribution in [0.15, 0.2) is 0 Å². The number of rotatable bonds is 4. The molecule has 23 heavy (non-hydrogen) atoms. The van der Waals surface area contributed by atoms with E-state index in [4.69, 9.17) is 13.7 Å². The molecule has 7 nitrogen and oxygen atoms in total. The summed E-state index contributed by atoms with van der Waals surface area (Å²) in [5.74, 6) is -1.90. The summed E-state index contributed by atoms with van der Waals surface area (Å²) in [5, 5.41) is 9.62. The first-order valence-corrected chi connectivity index (χ1v) is 9.24. The van der Waals surface area contributed by atoms with Crippen molar-refractivity contribution in [2.24, 2.45) is 23.7 Å². The largest absolute Gasteiger partial charge is 0.465 e. The Morgan fingerprint density at radius 1 is 1.30 bits per heavy atom. The molecular weight excluding hydrogens is 322 g/mol. The summed E-state index contributed by atoms with van der Waals surface area (Å²) < 4.78 is 39.5. The van der Waals surface area contributed by atoms with Crippen LogP contribution in [-0.4, -0.2) is 44.1 Å². The van der Waals surface area contributed by atoms with Crippen molar-refractivity contribution < 1.29 is 26.9 Å². The van der Waals surface area contributed by atoms with E-state index >= 15 is 0 Å². The fourth-order valence-corrected chi connectivity index (χ4v) is 6.12. The van der Waals surface area contributed by atoms with Crippen LogP contribution in [0, 0.1) is 35.0 Å². The molecule has 3 aliphatic heterocycles. The second-order valence-corrected chi connectivity index (χ2v) is 9.04. The summed E-state index contributed by atoms with van der Waals surface area (Å²) in [6, 6.07) is 1.94. The molecule has 2 bridgehead atoms. The Labute approximate surface area is 136 Å². The Morgan fingerprint density at radius 3 is 2.48 bits per heavy atom. The van der Waals surface area contributed by atoms with Gasteiger partial charge >= 0.3 is 5.97 Å². The van der Waals surface area contributed by atoms with Gasteiger partial charge in [-0.05, 0) is 11.8 Å². The number of fused-ring (bicyclic) bond motifs is 1. The fraction of sp³-hybridized carbons (Fsp3) is 0.867. The van der Waals surface area contributed by atoms with Crippen molar-refractivity contribution >= 4 is 16.1 Å². The van der Waals surface area contributed by atoms with Crippen LogP contribution in [0.25, 0.3) is 0 Å². The van der Waals surface area contributed by atoms with Crippen LogP contribution in [0.2, 0.25) is 0 Å². The minimum atomic E-state index is -4.13. The highest BCUT2D eigenvalue weighted by atomic mass is 32.2. The van der Waals surface area contributed by atoms with Gasteiger partial charge in [0.25, 0.3) is 10.1 Å². The number of carbonyl (C=O) groups excluding carboxylic acids is 1. The summed E-state index contributed by atoms with van der Waals surface area (Å²) >= 11 is 0. The first-order valence-electron chi connectivity index (χ1n) is 7.83. The van der Waals surface area contributed by atoms with E-state index in [-0.39, 0.29) is 18.4 Å². The van der Waals surface area contributed by atoms with E-state index in [0.29, 0.717) is 0 Å². The lowest BCUT2D eigenvalue weighted by atomic mass is 9.68. The Balaban J connectivity index is 1.99. The standard InChI is InChI=1S/C15H21NO6S/c1-7(2)5-20-14(17)9-11-10(8(3)4)15(6-16)13(21-11)12(9)22-23(15,18)19/h7-13H,5H2,1-4H3. The predicted molar refractivity (Wildman–Crippen MR) is 78.4 cm³/mol. The predicted octanol–water partition coefficient (Wildman–Crippen LogP) is 0.846. The molecule has 0 aromatic rings. The van der Waals surface area contributed by atoms with Crippen molar-refractivity contribution in [2.45, 2.75) is 50.8 Å². The van der Waals surface area contributed by atoms with Gasteiger partial charge in [-0.2, -0.15) is 13.7 Å². The number of hydrogen-bond acceptors (Lipinski definition) is 7. The number of carbonyl (C=O) groups is 1. The molecule has 6 unspecified atom stereocenters. The first-order chi connectivity index (χ1) is 10.7. The zero-order valence-corrected chi connectivity index (χ0v) is 14.4. The van der Waals surface area contributed by atoms with Crippen molar-refractivity contribution in [1.29, 1.82) is 5.26 Å². The molecule has 0 radical (unpaired) electrons. The second kappa shape index (κ2) is 5.16. The van der Waals surface area contributed by atoms with E-state index in [9.17, 15) is 18.5 Å². The third-order valence-electron chi connectivity index (χ3n) is 4.96. The topological polar surface area (TPSA) is 103 Å². The number of hydrogen-bond donors (Lipinski definition) is 0. The molecule has 3 rings (SSSR count). The average molecular weight is 343 g/mol. The molecule has 0 aromatic carbocycles. The van der Waals surface area contributed by atoms with E-state index in [0.717, 1.165) is 0 Å². The molecule has 0 amide bonds. The van der Waals surface area contributed by atoms with E-state index < -0.39 is 51.0 Å². The first kappa shape index (κ1) is 16.7. The maximum Gasteiger partial charge on any atom is 0.314 e. The smallest absolute Gasteiger partial charge is 0.314 e. The van der Waals surface area contributed by atoms with Gasteiger partial charge in [0, 0.05) is 5.92 Å². The lowest BCUT2D eigenvalue weighted by molar-refractivity contribution is -0.154. The van der Waals surface area contributed by atoms with Crippen LogP contribution in [0.4, 0.5) is 0 Å². The van der Waals surface area contributed by atoms with Gasteiger partial charge in [-0.25, -0.2) is 0 Å². The summed E-state index contributed by atoms with van der Waals surface area (Å²) in [6.07, 6.45) is -2.55. The molecule has 128 valence electrons.